The second-order valence-corrected chi connectivity index (χ2v) is 3.23. The van der Waals surface area contributed by atoms with Crippen LogP contribution in [0.4, 0.5) is 4.39 Å². The number of piperidine rings is 1. The third-order valence-corrected chi connectivity index (χ3v) is 2.38. The molecular weight excluding hydrogens is 184 g/mol. The minimum absolute atomic E-state index is 0. The molecule has 1 unspecified atom stereocenters. The molecule has 0 aliphatic carbocycles. The van der Waals surface area contributed by atoms with Gasteiger partial charge in [-0.2, -0.15) is 6.42 Å². The molecule has 0 bridgehead atoms. The molecule has 2 aliphatic rings. The summed E-state index contributed by atoms with van der Waals surface area (Å²) in [5, 5.41) is 0. The second kappa shape index (κ2) is 5.39. The largest absolute Gasteiger partial charge is 1.00 e. The van der Waals surface area contributed by atoms with E-state index in [1.54, 1.807) is 6.42 Å². The van der Waals surface area contributed by atoms with Crippen LogP contribution in [0.2, 0.25) is 0 Å². The third kappa shape index (κ3) is 2.74. The molecule has 0 saturated carbocycles. The number of nitrogens with zero attached hydrogens (tertiary/aromatic N) is 1. The molecule has 4 heteroatoms. The van der Waals surface area contributed by atoms with Gasteiger partial charge in [-0.1, -0.05) is 0 Å². The minimum atomic E-state index is -0.718. The van der Waals surface area contributed by atoms with Crippen LogP contribution >= 0.6 is 0 Å². The summed E-state index contributed by atoms with van der Waals surface area (Å²) in [5.74, 6) is 0. The van der Waals surface area contributed by atoms with Crippen molar-refractivity contribution in [2.75, 3.05) is 26.3 Å². The van der Waals surface area contributed by atoms with E-state index in [4.69, 9.17) is 4.74 Å². The molecule has 2 fully saturated rings. The number of hydrogen-bond acceptors (Lipinski definition) is 2. The smallest absolute Gasteiger partial charge is 0.378 e. The zero-order valence-electron chi connectivity index (χ0n) is 7.50. The Bertz CT molecular complexity index is 143. The van der Waals surface area contributed by atoms with Crippen molar-refractivity contribution in [3.63, 3.8) is 0 Å². The van der Waals surface area contributed by atoms with Gasteiger partial charge in [-0.05, 0) is 12.7 Å². The van der Waals surface area contributed by atoms with Crippen molar-refractivity contribution in [3.8, 4) is 0 Å². The van der Waals surface area contributed by atoms with Crippen LogP contribution in [0, 0.1) is 6.42 Å². The van der Waals surface area contributed by atoms with Crippen LogP contribution in [0.3, 0.4) is 0 Å². The van der Waals surface area contributed by atoms with Gasteiger partial charge in [0.15, 0.2) is 0 Å². The van der Waals surface area contributed by atoms with Crippen molar-refractivity contribution in [1.82, 2.24) is 4.90 Å². The maximum atomic E-state index is 12.8. The first-order valence-electron chi connectivity index (χ1n) is 4.15. The van der Waals surface area contributed by atoms with E-state index >= 15 is 0 Å². The monoisotopic (exact) mass is 197 g/mol. The standard InChI is InChI=1S/C8H13FNO.K/c9-7-2-1-3-10(4-7)8-5-11-6-8;/h2,7-8H,1,3-6H2;/q-1;+1. The number of hydrogen-bond donors (Lipinski definition) is 0. The van der Waals surface area contributed by atoms with E-state index in [0.29, 0.717) is 12.6 Å². The molecule has 2 nitrogen and oxygen atoms in total. The molecule has 0 amide bonds. The molecule has 12 heavy (non-hydrogen) atoms. The summed E-state index contributed by atoms with van der Waals surface area (Å²) in [7, 11) is 0. The number of halogens is 1. The predicted molar refractivity (Wildman–Crippen MR) is 40.0 cm³/mol. The van der Waals surface area contributed by atoms with E-state index in [0.717, 1.165) is 26.2 Å². The van der Waals surface area contributed by atoms with Gasteiger partial charge in [0, 0.05) is 6.54 Å². The minimum Gasteiger partial charge on any atom is -0.378 e. The summed E-state index contributed by atoms with van der Waals surface area (Å²) in [4.78, 5) is 2.19. The van der Waals surface area contributed by atoms with Crippen molar-refractivity contribution in [2.24, 2.45) is 0 Å². The van der Waals surface area contributed by atoms with Gasteiger partial charge in [0.05, 0.1) is 19.3 Å². The molecule has 0 spiro atoms. The molecule has 0 aromatic carbocycles. The first-order chi connectivity index (χ1) is 5.36. The van der Waals surface area contributed by atoms with Crippen molar-refractivity contribution in [2.45, 2.75) is 18.6 Å². The molecule has 2 aliphatic heterocycles. The maximum absolute atomic E-state index is 12.8. The fourth-order valence-electron chi connectivity index (χ4n) is 1.58. The van der Waals surface area contributed by atoms with Gasteiger partial charge >= 0.3 is 51.4 Å². The zero-order valence-corrected chi connectivity index (χ0v) is 10.6. The van der Waals surface area contributed by atoms with Gasteiger partial charge in [-0.3, -0.25) is 15.7 Å². The van der Waals surface area contributed by atoms with Gasteiger partial charge in [0.25, 0.3) is 0 Å². The molecule has 1 atom stereocenters. The topological polar surface area (TPSA) is 12.5 Å². The first-order valence-corrected chi connectivity index (χ1v) is 4.15. The van der Waals surface area contributed by atoms with Crippen LogP contribution in [0.25, 0.3) is 0 Å². The Morgan fingerprint density at radius 1 is 1.42 bits per heavy atom. The Labute approximate surface area is 115 Å². The number of rotatable bonds is 1. The van der Waals surface area contributed by atoms with Crippen molar-refractivity contribution >= 4 is 0 Å². The molecule has 64 valence electrons. The Hall–Kier alpha value is 1.49. The van der Waals surface area contributed by atoms with Crippen molar-refractivity contribution in [1.29, 1.82) is 0 Å². The van der Waals surface area contributed by atoms with Gasteiger partial charge < -0.3 is 4.74 Å². The van der Waals surface area contributed by atoms with E-state index in [1.165, 1.54) is 0 Å². The molecule has 0 radical (unpaired) electrons. The van der Waals surface area contributed by atoms with Crippen LogP contribution in [-0.4, -0.2) is 43.4 Å². The SMILES string of the molecule is FC1[CH-]CCN(C2COC2)C1.[K+]. The summed E-state index contributed by atoms with van der Waals surface area (Å²) >= 11 is 0. The number of alkyl halides is 1. The fraction of sp³-hybridized carbons (Fsp3) is 0.875. The van der Waals surface area contributed by atoms with Crippen LogP contribution in [-0.2, 0) is 4.74 Å². The van der Waals surface area contributed by atoms with Crippen LogP contribution < -0.4 is 51.4 Å². The Morgan fingerprint density at radius 2 is 2.17 bits per heavy atom. The number of ether oxygens (including phenoxy) is 1. The number of likely N-dealkylation sites (tertiary alicyclic amines) is 1. The summed E-state index contributed by atoms with van der Waals surface area (Å²) in [6, 6.07) is 0.502. The summed E-state index contributed by atoms with van der Waals surface area (Å²) in [5.41, 5.74) is 0. The van der Waals surface area contributed by atoms with Crippen molar-refractivity contribution < 1.29 is 60.5 Å². The average Bonchev–Trinajstić information content (AvgIpc) is 1.83. The molecule has 2 saturated heterocycles. The van der Waals surface area contributed by atoms with E-state index in [9.17, 15) is 4.39 Å². The normalized spacial score (nSPS) is 32.2. The second-order valence-electron chi connectivity index (χ2n) is 3.23. The Balaban J connectivity index is 0.000000720. The van der Waals surface area contributed by atoms with Crippen LogP contribution in [0.1, 0.15) is 6.42 Å². The molecule has 0 N–H and O–H groups in total. The third-order valence-electron chi connectivity index (χ3n) is 2.38. The summed E-state index contributed by atoms with van der Waals surface area (Å²) < 4.78 is 17.9. The maximum Gasteiger partial charge on any atom is 1.00 e. The van der Waals surface area contributed by atoms with E-state index < -0.39 is 6.17 Å². The molecule has 0 aromatic rings. The molecule has 2 rings (SSSR count). The Morgan fingerprint density at radius 3 is 2.67 bits per heavy atom. The van der Waals surface area contributed by atoms with E-state index in [2.05, 4.69) is 4.90 Å². The van der Waals surface area contributed by atoms with E-state index in [1.807, 2.05) is 0 Å². The zero-order chi connectivity index (χ0) is 7.68. The predicted octanol–water partition coefficient (Wildman–Crippen LogP) is -2.36. The van der Waals surface area contributed by atoms with Crippen LogP contribution in [0.5, 0.6) is 0 Å². The summed E-state index contributed by atoms with van der Waals surface area (Å²) in [6.45, 7) is 3.18. The van der Waals surface area contributed by atoms with Crippen molar-refractivity contribution in [3.05, 3.63) is 6.42 Å². The molecular formula is C8H13FKNO. The van der Waals surface area contributed by atoms with Gasteiger partial charge in [-0.25, -0.2) is 0 Å². The average molecular weight is 197 g/mol. The van der Waals surface area contributed by atoms with Gasteiger partial charge in [-0.15, -0.1) is 0 Å². The Kier molecular flexibility index (Phi) is 5.19. The summed E-state index contributed by atoms with van der Waals surface area (Å²) in [6.07, 6.45) is 1.93. The van der Waals surface area contributed by atoms with Gasteiger partial charge in [0.2, 0.25) is 0 Å². The molecule has 2 heterocycles. The quantitative estimate of drug-likeness (QED) is 0.344. The fourth-order valence-corrected chi connectivity index (χ4v) is 1.58. The van der Waals surface area contributed by atoms with Gasteiger partial charge in [0.1, 0.15) is 0 Å². The molecule has 0 aromatic heterocycles. The van der Waals surface area contributed by atoms with Crippen LogP contribution in [0.15, 0.2) is 0 Å². The van der Waals surface area contributed by atoms with E-state index in [-0.39, 0.29) is 51.4 Å². The first kappa shape index (κ1) is 11.6.